The van der Waals surface area contributed by atoms with Gasteiger partial charge in [-0.3, -0.25) is 4.79 Å². The number of unbranched alkanes of at least 4 members (excludes halogenated alkanes) is 1. The Labute approximate surface area is 120 Å². The SMILES string of the molecule is CCCCS(=O)(=O)CCC(=O)Nc1cc(N)ccc1C. The van der Waals surface area contributed by atoms with Crippen LogP contribution in [0.1, 0.15) is 31.7 Å². The highest BCUT2D eigenvalue weighted by Crippen LogP contribution is 2.18. The maximum atomic E-state index is 11.8. The fourth-order valence-corrected chi connectivity index (χ4v) is 3.13. The van der Waals surface area contributed by atoms with Crippen molar-refractivity contribution in [3.63, 3.8) is 0 Å². The van der Waals surface area contributed by atoms with Crippen LogP contribution in [-0.4, -0.2) is 25.8 Å². The zero-order valence-corrected chi connectivity index (χ0v) is 12.8. The molecule has 0 aliphatic rings. The van der Waals surface area contributed by atoms with E-state index in [0.29, 0.717) is 17.8 Å². The molecule has 1 aromatic carbocycles. The number of carbonyl (C=O) groups excluding carboxylic acids is 1. The Balaban J connectivity index is 2.54. The lowest BCUT2D eigenvalue weighted by molar-refractivity contribution is -0.115. The molecule has 0 unspecified atom stereocenters. The molecule has 1 rings (SSSR count). The third-order valence-corrected chi connectivity index (χ3v) is 4.72. The number of nitrogen functional groups attached to an aromatic ring is 1. The molecule has 3 N–H and O–H groups in total. The van der Waals surface area contributed by atoms with Gasteiger partial charge in [-0.2, -0.15) is 0 Å². The van der Waals surface area contributed by atoms with Crippen molar-refractivity contribution in [3.05, 3.63) is 23.8 Å². The van der Waals surface area contributed by atoms with Crippen molar-refractivity contribution in [2.24, 2.45) is 0 Å². The van der Waals surface area contributed by atoms with E-state index in [2.05, 4.69) is 5.32 Å². The summed E-state index contributed by atoms with van der Waals surface area (Å²) in [4.78, 5) is 11.8. The Kier molecular flexibility index (Phi) is 6.01. The summed E-state index contributed by atoms with van der Waals surface area (Å²) < 4.78 is 23.3. The summed E-state index contributed by atoms with van der Waals surface area (Å²) >= 11 is 0. The van der Waals surface area contributed by atoms with E-state index < -0.39 is 9.84 Å². The zero-order valence-electron chi connectivity index (χ0n) is 12.0. The van der Waals surface area contributed by atoms with Crippen LogP contribution >= 0.6 is 0 Å². The maximum Gasteiger partial charge on any atom is 0.225 e. The highest BCUT2D eigenvalue weighted by Gasteiger charge is 2.13. The van der Waals surface area contributed by atoms with Crippen LogP contribution < -0.4 is 11.1 Å². The second-order valence-corrected chi connectivity index (χ2v) is 7.18. The van der Waals surface area contributed by atoms with E-state index >= 15 is 0 Å². The number of anilines is 2. The average Bonchev–Trinajstić information content (AvgIpc) is 2.39. The third kappa shape index (κ3) is 5.61. The van der Waals surface area contributed by atoms with E-state index in [1.165, 1.54) is 0 Å². The molecule has 0 aromatic heterocycles. The Bertz CT molecular complexity index is 568. The molecule has 0 saturated carbocycles. The fourth-order valence-electron chi connectivity index (χ4n) is 1.70. The highest BCUT2D eigenvalue weighted by molar-refractivity contribution is 7.91. The zero-order chi connectivity index (χ0) is 15.2. The largest absolute Gasteiger partial charge is 0.399 e. The Morgan fingerprint density at radius 1 is 1.30 bits per heavy atom. The second kappa shape index (κ2) is 7.28. The molecule has 1 aromatic rings. The number of benzene rings is 1. The molecular weight excluding hydrogens is 276 g/mol. The molecule has 0 fully saturated rings. The molecule has 0 bridgehead atoms. The van der Waals surface area contributed by atoms with Gasteiger partial charge in [0.05, 0.1) is 11.5 Å². The maximum absolute atomic E-state index is 11.8. The van der Waals surface area contributed by atoms with Gasteiger partial charge in [-0.1, -0.05) is 19.4 Å². The quantitative estimate of drug-likeness (QED) is 0.755. The smallest absolute Gasteiger partial charge is 0.225 e. The molecule has 0 atom stereocenters. The first-order chi connectivity index (χ1) is 9.34. The first-order valence-corrected chi connectivity index (χ1v) is 8.52. The molecule has 112 valence electrons. The van der Waals surface area contributed by atoms with Crippen LogP contribution in [0, 0.1) is 6.92 Å². The standard InChI is InChI=1S/C14H22N2O3S/c1-3-4-8-20(18,19)9-7-14(17)16-13-10-12(15)6-5-11(13)2/h5-6,10H,3-4,7-9,15H2,1-2H3,(H,16,17). The minimum atomic E-state index is -3.13. The fraction of sp³-hybridized carbons (Fsp3) is 0.500. The molecule has 0 aliphatic heterocycles. The topological polar surface area (TPSA) is 89.3 Å². The normalized spacial score (nSPS) is 11.3. The van der Waals surface area contributed by atoms with Crippen LogP contribution in [0.25, 0.3) is 0 Å². The van der Waals surface area contributed by atoms with Gasteiger partial charge in [0.1, 0.15) is 0 Å². The lowest BCUT2D eigenvalue weighted by atomic mass is 10.2. The van der Waals surface area contributed by atoms with Gasteiger partial charge >= 0.3 is 0 Å². The molecule has 20 heavy (non-hydrogen) atoms. The summed E-state index contributed by atoms with van der Waals surface area (Å²) in [6, 6.07) is 5.22. The number of rotatable bonds is 7. The molecule has 0 spiro atoms. The Morgan fingerprint density at radius 3 is 2.65 bits per heavy atom. The predicted molar refractivity (Wildman–Crippen MR) is 82.4 cm³/mol. The summed E-state index contributed by atoms with van der Waals surface area (Å²) in [5, 5.41) is 2.70. The second-order valence-electron chi connectivity index (χ2n) is 4.88. The van der Waals surface area contributed by atoms with Crippen LogP contribution in [0.5, 0.6) is 0 Å². The van der Waals surface area contributed by atoms with Crippen molar-refractivity contribution >= 4 is 27.1 Å². The van der Waals surface area contributed by atoms with Gasteiger partial charge in [0.15, 0.2) is 9.84 Å². The van der Waals surface area contributed by atoms with Gasteiger partial charge in [0.2, 0.25) is 5.91 Å². The molecule has 1 amide bonds. The summed E-state index contributed by atoms with van der Waals surface area (Å²) in [7, 11) is -3.13. The third-order valence-electron chi connectivity index (χ3n) is 2.98. The Hall–Kier alpha value is -1.56. The van der Waals surface area contributed by atoms with Crippen LogP contribution in [-0.2, 0) is 14.6 Å². The van der Waals surface area contributed by atoms with Gasteiger partial charge in [-0.05, 0) is 31.0 Å². The monoisotopic (exact) mass is 298 g/mol. The number of nitrogens with two attached hydrogens (primary N) is 1. The molecule has 0 saturated heterocycles. The summed E-state index contributed by atoms with van der Waals surface area (Å²) in [6.45, 7) is 3.79. The van der Waals surface area contributed by atoms with Gasteiger partial charge in [0.25, 0.3) is 0 Å². The number of nitrogens with one attached hydrogen (secondary N) is 1. The average molecular weight is 298 g/mol. The minimum absolute atomic E-state index is 0.0275. The van der Waals surface area contributed by atoms with E-state index in [9.17, 15) is 13.2 Å². The number of hydrogen-bond donors (Lipinski definition) is 2. The van der Waals surface area contributed by atoms with Gasteiger partial charge < -0.3 is 11.1 Å². The van der Waals surface area contributed by atoms with Crippen molar-refractivity contribution in [2.45, 2.75) is 33.1 Å². The van der Waals surface area contributed by atoms with Crippen molar-refractivity contribution in [3.8, 4) is 0 Å². The van der Waals surface area contributed by atoms with Crippen molar-refractivity contribution in [2.75, 3.05) is 22.6 Å². The van der Waals surface area contributed by atoms with Crippen LogP contribution in [0.15, 0.2) is 18.2 Å². The minimum Gasteiger partial charge on any atom is -0.399 e. The number of sulfone groups is 1. The van der Waals surface area contributed by atoms with Gasteiger partial charge in [0, 0.05) is 17.8 Å². The first kappa shape index (κ1) is 16.5. The van der Waals surface area contributed by atoms with E-state index in [-0.39, 0.29) is 23.8 Å². The lowest BCUT2D eigenvalue weighted by Gasteiger charge is -2.09. The van der Waals surface area contributed by atoms with Crippen molar-refractivity contribution < 1.29 is 13.2 Å². The molecule has 0 heterocycles. The number of hydrogen-bond acceptors (Lipinski definition) is 4. The number of carbonyl (C=O) groups is 1. The van der Waals surface area contributed by atoms with E-state index in [0.717, 1.165) is 12.0 Å². The molecule has 0 aliphatic carbocycles. The number of amides is 1. The lowest BCUT2D eigenvalue weighted by Crippen LogP contribution is -2.19. The summed E-state index contributed by atoms with van der Waals surface area (Å²) in [5.41, 5.74) is 7.73. The van der Waals surface area contributed by atoms with E-state index in [4.69, 9.17) is 5.73 Å². The molecule has 0 radical (unpaired) electrons. The summed E-state index contributed by atoms with van der Waals surface area (Å²) in [5.74, 6) is -0.271. The van der Waals surface area contributed by atoms with Crippen LogP contribution in [0.3, 0.4) is 0 Å². The summed E-state index contributed by atoms with van der Waals surface area (Å²) in [6.07, 6.45) is 1.44. The van der Waals surface area contributed by atoms with Gasteiger partial charge in [-0.15, -0.1) is 0 Å². The molecular formula is C14H22N2O3S. The van der Waals surface area contributed by atoms with Crippen molar-refractivity contribution in [1.29, 1.82) is 0 Å². The van der Waals surface area contributed by atoms with E-state index in [1.807, 2.05) is 19.9 Å². The predicted octanol–water partition coefficient (Wildman–Crippen LogP) is 2.12. The van der Waals surface area contributed by atoms with Crippen molar-refractivity contribution in [1.82, 2.24) is 0 Å². The van der Waals surface area contributed by atoms with E-state index in [1.54, 1.807) is 12.1 Å². The van der Waals surface area contributed by atoms with Crippen LogP contribution in [0.4, 0.5) is 11.4 Å². The number of aryl methyl sites for hydroxylation is 1. The Morgan fingerprint density at radius 2 is 2.00 bits per heavy atom. The van der Waals surface area contributed by atoms with Crippen LogP contribution in [0.2, 0.25) is 0 Å². The highest BCUT2D eigenvalue weighted by atomic mass is 32.2. The van der Waals surface area contributed by atoms with Gasteiger partial charge in [-0.25, -0.2) is 8.42 Å². The first-order valence-electron chi connectivity index (χ1n) is 6.70. The molecule has 5 nitrogen and oxygen atoms in total. The molecule has 6 heteroatoms.